The van der Waals surface area contributed by atoms with Crippen molar-refractivity contribution in [2.24, 2.45) is 0 Å². The van der Waals surface area contributed by atoms with Crippen LogP contribution >= 0.6 is 0 Å². The third kappa shape index (κ3) is 2.68. The van der Waals surface area contributed by atoms with Crippen molar-refractivity contribution in [1.29, 1.82) is 0 Å². The predicted molar refractivity (Wildman–Crippen MR) is 56.8 cm³/mol. The Morgan fingerprint density at radius 3 is 2.73 bits per heavy atom. The molecule has 0 unspecified atom stereocenters. The number of rotatable bonds is 3. The van der Waals surface area contributed by atoms with Crippen molar-refractivity contribution in [3.05, 3.63) is 36.4 Å². The van der Waals surface area contributed by atoms with Crippen LogP contribution in [-0.4, -0.2) is 23.1 Å². The van der Waals surface area contributed by atoms with Gasteiger partial charge in [0.25, 0.3) is 0 Å². The molecule has 0 fully saturated rings. The third-order valence-corrected chi connectivity index (χ3v) is 1.98. The van der Waals surface area contributed by atoms with E-state index in [2.05, 4.69) is 6.58 Å². The molecule has 0 saturated heterocycles. The Hall–Kier alpha value is -1.59. The van der Waals surface area contributed by atoms with Crippen LogP contribution in [0.15, 0.2) is 30.9 Å². The highest BCUT2D eigenvalue weighted by molar-refractivity contribution is 6.59. The lowest BCUT2D eigenvalue weighted by Crippen LogP contribution is -2.32. The molecule has 15 heavy (non-hydrogen) atoms. The zero-order chi connectivity index (χ0) is 11.4. The van der Waals surface area contributed by atoms with Gasteiger partial charge >= 0.3 is 13.1 Å². The maximum Gasteiger partial charge on any atom is 0.488 e. The molecule has 0 aromatic heterocycles. The highest BCUT2D eigenvalue weighted by Gasteiger charge is 2.16. The van der Waals surface area contributed by atoms with Crippen molar-refractivity contribution < 1.29 is 19.6 Å². The van der Waals surface area contributed by atoms with Crippen LogP contribution in [0.1, 0.15) is 5.56 Å². The van der Waals surface area contributed by atoms with Crippen molar-refractivity contribution in [3.63, 3.8) is 0 Å². The van der Waals surface area contributed by atoms with Gasteiger partial charge in [0.2, 0.25) is 0 Å². The molecule has 0 aliphatic rings. The first kappa shape index (κ1) is 11.5. The summed E-state index contributed by atoms with van der Waals surface area (Å²) < 4.78 is 4.91. The van der Waals surface area contributed by atoms with E-state index in [-0.39, 0.29) is 0 Å². The number of ether oxygens (including phenoxy) is 1. The second-order valence-electron chi connectivity index (χ2n) is 2.97. The molecule has 1 aromatic rings. The molecule has 5 heteroatoms. The molecule has 78 valence electrons. The fraction of sp³-hybridized carbons (Fsp3) is 0.100. The van der Waals surface area contributed by atoms with Gasteiger partial charge in [-0.05, 0) is 24.0 Å². The first-order valence-electron chi connectivity index (χ1n) is 4.36. The average molecular weight is 206 g/mol. The molecule has 0 radical (unpaired) electrons. The van der Waals surface area contributed by atoms with Crippen LogP contribution < -0.4 is 10.2 Å². The van der Waals surface area contributed by atoms with E-state index in [4.69, 9.17) is 14.8 Å². The molecule has 0 aliphatic heterocycles. The van der Waals surface area contributed by atoms with Crippen LogP contribution in [-0.2, 0) is 4.79 Å². The van der Waals surface area contributed by atoms with E-state index in [0.29, 0.717) is 16.8 Å². The summed E-state index contributed by atoms with van der Waals surface area (Å²) in [7, 11) is -1.58. The number of hydrogen-bond donors (Lipinski definition) is 2. The summed E-state index contributed by atoms with van der Waals surface area (Å²) in [4.78, 5) is 10.9. The second-order valence-corrected chi connectivity index (χ2v) is 2.97. The van der Waals surface area contributed by atoms with Crippen molar-refractivity contribution in [1.82, 2.24) is 0 Å². The summed E-state index contributed by atoms with van der Waals surface area (Å²) in [6.07, 6.45) is 1.04. The number of carbonyl (C=O) groups is 1. The molecule has 0 heterocycles. The summed E-state index contributed by atoms with van der Waals surface area (Å²) in [5.41, 5.74) is 0.826. The van der Waals surface area contributed by atoms with Crippen LogP contribution in [0.25, 0.3) is 0 Å². The standard InChI is InChI=1S/C10H11BO4/c1-3-10(12)15-9-6-4-5-8(7(9)2)11(13)14/h3-6,13-14H,1H2,2H3. The largest absolute Gasteiger partial charge is 0.488 e. The van der Waals surface area contributed by atoms with Gasteiger partial charge in [0.1, 0.15) is 5.75 Å². The van der Waals surface area contributed by atoms with Crippen molar-refractivity contribution >= 4 is 18.6 Å². The molecule has 1 aromatic carbocycles. The van der Waals surface area contributed by atoms with Crippen LogP contribution in [0, 0.1) is 6.92 Å². The van der Waals surface area contributed by atoms with Gasteiger partial charge in [-0.25, -0.2) is 4.79 Å². The van der Waals surface area contributed by atoms with Crippen LogP contribution in [0.5, 0.6) is 5.75 Å². The van der Waals surface area contributed by atoms with Gasteiger partial charge in [0.05, 0.1) is 0 Å². The maximum absolute atomic E-state index is 10.9. The van der Waals surface area contributed by atoms with Gasteiger partial charge in [0.15, 0.2) is 0 Å². The summed E-state index contributed by atoms with van der Waals surface area (Å²) in [5.74, 6) is -0.284. The molecule has 0 atom stereocenters. The molecule has 0 bridgehead atoms. The number of benzene rings is 1. The SMILES string of the molecule is C=CC(=O)Oc1cccc(B(O)O)c1C. The third-order valence-electron chi connectivity index (χ3n) is 1.98. The molecule has 0 saturated carbocycles. The Morgan fingerprint density at radius 1 is 1.53 bits per heavy atom. The van der Waals surface area contributed by atoms with Crippen LogP contribution in [0.4, 0.5) is 0 Å². The molecule has 0 amide bonds. The minimum Gasteiger partial charge on any atom is -0.423 e. The molecular formula is C10H11BO4. The van der Waals surface area contributed by atoms with Crippen molar-refractivity contribution in [2.75, 3.05) is 0 Å². The van der Waals surface area contributed by atoms with Crippen molar-refractivity contribution in [2.45, 2.75) is 6.92 Å². The quantitative estimate of drug-likeness (QED) is 0.310. The van der Waals surface area contributed by atoms with Gasteiger partial charge in [-0.15, -0.1) is 0 Å². The van der Waals surface area contributed by atoms with E-state index < -0.39 is 13.1 Å². The Kier molecular flexibility index (Phi) is 3.65. The highest BCUT2D eigenvalue weighted by Crippen LogP contribution is 2.15. The summed E-state index contributed by atoms with van der Waals surface area (Å²) in [5, 5.41) is 18.0. The lowest BCUT2D eigenvalue weighted by molar-refractivity contribution is -0.129. The van der Waals surface area contributed by atoms with Gasteiger partial charge in [-0.1, -0.05) is 18.7 Å². The van der Waals surface area contributed by atoms with Crippen LogP contribution in [0.3, 0.4) is 0 Å². The van der Waals surface area contributed by atoms with Crippen molar-refractivity contribution in [3.8, 4) is 5.75 Å². The van der Waals surface area contributed by atoms with E-state index in [9.17, 15) is 4.79 Å². The Balaban J connectivity index is 3.04. The highest BCUT2D eigenvalue weighted by atomic mass is 16.5. The van der Waals surface area contributed by atoms with E-state index in [1.807, 2.05) is 0 Å². The van der Waals surface area contributed by atoms with E-state index in [1.165, 1.54) is 0 Å². The minimum absolute atomic E-state index is 0.297. The zero-order valence-corrected chi connectivity index (χ0v) is 8.30. The molecule has 1 rings (SSSR count). The maximum atomic E-state index is 10.9. The minimum atomic E-state index is -1.58. The van der Waals surface area contributed by atoms with Gasteiger partial charge in [0, 0.05) is 6.08 Å². The number of carbonyl (C=O) groups excluding carboxylic acids is 1. The van der Waals surface area contributed by atoms with E-state index >= 15 is 0 Å². The predicted octanol–water partition coefficient (Wildman–Crippen LogP) is -0.234. The smallest absolute Gasteiger partial charge is 0.423 e. The van der Waals surface area contributed by atoms with E-state index in [0.717, 1.165) is 6.08 Å². The van der Waals surface area contributed by atoms with Gasteiger partial charge < -0.3 is 14.8 Å². The lowest BCUT2D eigenvalue weighted by Gasteiger charge is -2.09. The molecule has 2 N–H and O–H groups in total. The van der Waals surface area contributed by atoms with Gasteiger partial charge in [-0.2, -0.15) is 0 Å². The zero-order valence-electron chi connectivity index (χ0n) is 8.30. The summed E-state index contributed by atoms with van der Waals surface area (Å²) in [6.45, 7) is 4.91. The monoisotopic (exact) mass is 206 g/mol. The Morgan fingerprint density at radius 2 is 2.20 bits per heavy atom. The summed E-state index contributed by atoms with van der Waals surface area (Å²) >= 11 is 0. The first-order chi connectivity index (χ1) is 7.06. The fourth-order valence-corrected chi connectivity index (χ4v) is 1.17. The average Bonchev–Trinajstić information content (AvgIpc) is 2.20. The van der Waals surface area contributed by atoms with Gasteiger partial charge in [-0.3, -0.25) is 0 Å². The Bertz CT molecular complexity index is 387. The molecule has 0 aliphatic carbocycles. The number of hydrogen-bond acceptors (Lipinski definition) is 4. The summed E-state index contributed by atoms with van der Waals surface area (Å²) in [6, 6.07) is 4.70. The molecule has 0 spiro atoms. The Labute approximate surface area is 88.0 Å². The topological polar surface area (TPSA) is 66.8 Å². The molecule has 4 nitrogen and oxygen atoms in total. The second kappa shape index (κ2) is 4.77. The van der Waals surface area contributed by atoms with Crippen LogP contribution in [0.2, 0.25) is 0 Å². The lowest BCUT2D eigenvalue weighted by atomic mass is 9.77. The normalized spacial score (nSPS) is 9.53. The fourth-order valence-electron chi connectivity index (χ4n) is 1.17. The van der Waals surface area contributed by atoms with E-state index in [1.54, 1.807) is 25.1 Å². The first-order valence-corrected chi connectivity index (χ1v) is 4.36. The number of esters is 1. The molecular weight excluding hydrogens is 195 g/mol.